The van der Waals surface area contributed by atoms with Crippen LogP contribution in [0, 0.1) is 22.7 Å². The van der Waals surface area contributed by atoms with Crippen molar-refractivity contribution in [3.05, 3.63) is 53.4 Å². The van der Waals surface area contributed by atoms with Gasteiger partial charge in [-0.05, 0) is 5.56 Å². The molecule has 1 aromatic carbocycles. The number of allylic oxidation sites excluding steroid dienone is 1. The van der Waals surface area contributed by atoms with Gasteiger partial charge in [0, 0.05) is 6.08 Å². The van der Waals surface area contributed by atoms with E-state index in [1.807, 2.05) is 30.3 Å². The SMILES string of the molecule is N#CC(C#N)=C1NC(=O)C=C(c2ccccc2)N1. The van der Waals surface area contributed by atoms with Crippen LogP contribution in [0.2, 0.25) is 0 Å². The largest absolute Gasteiger partial charge is 0.339 e. The van der Waals surface area contributed by atoms with Crippen molar-refractivity contribution >= 4 is 11.6 Å². The van der Waals surface area contributed by atoms with E-state index in [0.717, 1.165) is 5.56 Å². The Morgan fingerprint density at radius 2 is 1.72 bits per heavy atom. The van der Waals surface area contributed by atoms with Crippen molar-refractivity contribution in [1.29, 1.82) is 10.5 Å². The lowest BCUT2D eigenvalue weighted by molar-refractivity contribution is -0.116. The van der Waals surface area contributed by atoms with Gasteiger partial charge in [0.15, 0.2) is 5.57 Å². The highest BCUT2D eigenvalue weighted by atomic mass is 16.1. The molecule has 0 atom stereocenters. The summed E-state index contributed by atoms with van der Waals surface area (Å²) in [5.41, 5.74) is 1.20. The number of amides is 1. The number of carbonyl (C=O) groups excluding carboxylic acids is 1. The molecule has 0 unspecified atom stereocenters. The van der Waals surface area contributed by atoms with Crippen LogP contribution in [0.5, 0.6) is 0 Å². The summed E-state index contributed by atoms with van der Waals surface area (Å²) in [6, 6.07) is 12.6. The zero-order chi connectivity index (χ0) is 13.0. The highest BCUT2D eigenvalue weighted by Gasteiger charge is 2.17. The molecule has 1 heterocycles. The Morgan fingerprint density at radius 1 is 1.06 bits per heavy atom. The molecule has 0 spiro atoms. The fourth-order valence-electron chi connectivity index (χ4n) is 1.53. The minimum absolute atomic E-state index is 0.117. The van der Waals surface area contributed by atoms with Crippen molar-refractivity contribution < 1.29 is 4.79 Å². The average molecular weight is 236 g/mol. The number of hydrogen-bond donors (Lipinski definition) is 2. The van der Waals surface area contributed by atoms with E-state index < -0.39 is 0 Å². The van der Waals surface area contributed by atoms with E-state index in [9.17, 15) is 4.79 Å². The van der Waals surface area contributed by atoms with Gasteiger partial charge in [-0.3, -0.25) is 4.79 Å². The van der Waals surface area contributed by atoms with E-state index >= 15 is 0 Å². The van der Waals surface area contributed by atoms with Gasteiger partial charge < -0.3 is 10.6 Å². The second-order valence-electron chi connectivity index (χ2n) is 3.51. The van der Waals surface area contributed by atoms with Crippen LogP contribution in [0.15, 0.2) is 47.8 Å². The van der Waals surface area contributed by atoms with Crippen LogP contribution >= 0.6 is 0 Å². The van der Waals surface area contributed by atoms with Crippen LogP contribution in [-0.2, 0) is 4.79 Å². The Labute approximate surface area is 104 Å². The third-order valence-electron chi connectivity index (χ3n) is 2.34. The number of carbonyl (C=O) groups is 1. The molecule has 0 aromatic heterocycles. The van der Waals surface area contributed by atoms with Gasteiger partial charge in [0.25, 0.3) is 5.91 Å². The topological polar surface area (TPSA) is 88.7 Å². The van der Waals surface area contributed by atoms with Crippen LogP contribution in [0.1, 0.15) is 5.56 Å². The van der Waals surface area contributed by atoms with Crippen LogP contribution in [0.25, 0.3) is 5.70 Å². The molecule has 18 heavy (non-hydrogen) atoms. The summed E-state index contributed by atoms with van der Waals surface area (Å²) < 4.78 is 0. The highest BCUT2D eigenvalue weighted by molar-refractivity contribution is 5.98. The first kappa shape index (κ1) is 11.4. The van der Waals surface area contributed by atoms with Crippen LogP contribution in [0.4, 0.5) is 0 Å². The van der Waals surface area contributed by atoms with E-state index in [-0.39, 0.29) is 17.3 Å². The summed E-state index contributed by atoms with van der Waals surface area (Å²) in [6.45, 7) is 0. The number of hydrogen-bond acceptors (Lipinski definition) is 4. The molecule has 0 radical (unpaired) electrons. The van der Waals surface area contributed by atoms with Crippen molar-refractivity contribution in [2.75, 3.05) is 0 Å². The van der Waals surface area contributed by atoms with Gasteiger partial charge in [0.05, 0.1) is 5.70 Å². The van der Waals surface area contributed by atoms with Crippen molar-refractivity contribution in [3.63, 3.8) is 0 Å². The molecule has 0 bridgehead atoms. The number of nitrogens with one attached hydrogen (secondary N) is 2. The summed E-state index contributed by atoms with van der Waals surface area (Å²) in [4.78, 5) is 11.5. The van der Waals surface area contributed by atoms with Crippen molar-refractivity contribution in [1.82, 2.24) is 10.6 Å². The molecule has 0 saturated carbocycles. The van der Waals surface area contributed by atoms with E-state index in [2.05, 4.69) is 10.6 Å². The Balaban J connectivity index is 2.42. The lowest BCUT2D eigenvalue weighted by Gasteiger charge is -2.19. The highest BCUT2D eigenvalue weighted by Crippen LogP contribution is 2.15. The summed E-state index contributed by atoms with van der Waals surface area (Å²) in [5.74, 6) is -0.253. The Kier molecular flexibility index (Phi) is 3.08. The van der Waals surface area contributed by atoms with Gasteiger partial charge in [0.1, 0.15) is 18.0 Å². The fraction of sp³-hybridized carbons (Fsp3) is 0. The second-order valence-corrected chi connectivity index (χ2v) is 3.51. The van der Waals surface area contributed by atoms with Crippen molar-refractivity contribution in [2.24, 2.45) is 0 Å². The number of nitrogens with zero attached hydrogens (tertiary/aromatic N) is 2. The minimum atomic E-state index is -0.370. The van der Waals surface area contributed by atoms with Crippen molar-refractivity contribution in [3.8, 4) is 12.1 Å². The van der Waals surface area contributed by atoms with E-state index in [4.69, 9.17) is 10.5 Å². The zero-order valence-corrected chi connectivity index (χ0v) is 9.27. The molecule has 0 aliphatic carbocycles. The molecule has 1 aromatic rings. The Bertz CT molecular complexity index is 613. The van der Waals surface area contributed by atoms with Gasteiger partial charge >= 0.3 is 0 Å². The Hall–Kier alpha value is -3.05. The zero-order valence-electron chi connectivity index (χ0n) is 9.27. The maximum absolute atomic E-state index is 11.5. The van der Waals surface area contributed by atoms with Gasteiger partial charge in [0.2, 0.25) is 0 Å². The normalized spacial score (nSPS) is 13.6. The Morgan fingerprint density at radius 3 is 2.33 bits per heavy atom. The second kappa shape index (κ2) is 4.86. The fourth-order valence-corrected chi connectivity index (χ4v) is 1.53. The first-order chi connectivity index (χ1) is 8.74. The molecule has 2 rings (SSSR count). The molecule has 86 valence electrons. The quantitative estimate of drug-likeness (QED) is 0.712. The van der Waals surface area contributed by atoms with Crippen molar-refractivity contribution in [2.45, 2.75) is 0 Å². The van der Waals surface area contributed by atoms with E-state index in [1.54, 1.807) is 12.1 Å². The van der Waals surface area contributed by atoms with Gasteiger partial charge in [-0.25, -0.2) is 0 Å². The predicted octanol–water partition coefficient (Wildman–Crippen LogP) is 1.01. The average Bonchev–Trinajstić information content (AvgIpc) is 2.40. The maximum atomic E-state index is 11.5. The number of rotatable bonds is 1. The van der Waals surface area contributed by atoms with Gasteiger partial charge in [-0.1, -0.05) is 30.3 Å². The molecule has 1 aliphatic rings. The molecule has 5 heteroatoms. The molecule has 2 N–H and O–H groups in total. The monoisotopic (exact) mass is 236 g/mol. The maximum Gasteiger partial charge on any atom is 0.251 e. The molecule has 5 nitrogen and oxygen atoms in total. The molecule has 1 aliphatic heterocycles. The number of nitriles is 2. The third-order valence-corrected chi connectivity index (χ3v) is 2.34. The lowest BCUT2D eigenvalue weighted by atomic mass is 10.1. The molecular formula is C13H8N4O. The molecular weight excluding hydrogens is 228 g/mol. The van der Waals surface area contributed by atoms with E-state index in [0.29, 0.717) is 5.70 Å². The first-order valence-corrected chi connectivity index (χ1v) is 5.14. The van der Waals surface area contributed by atoms with Crippen LogP contribution < -0.4 is 10.6 Å². The number of benzene rings is 1. The summed E-state index contributed by atoms with van der Waals surface area (Å²) in [5, 5.41) is 22.9. The van der Waals surface area contributed by atoms with Gasteiger partial charge in [-0.15, -0.1) is 0 Å². The molecule has 1 amide bonds. The minimum Gasteiger partial charge on any atom is -0.339 e. The third kappa shape index (κ3) is 2.21. The summed E-state index contributed by atoms with van der Waals surface area (Å²) in [6.07, 6.45) is 1.38. The molecule has 0 saturated heterocycles. The first-order valence-electron chi connectivity index (χ1n) is 5.14. The standard InChI is InChI=1S/C13H8N4O/c14-7-10(8-15)13-16-11(6-12(18)17-13)9-4-2-1-3-5-9/h1-6,16H,(H,17,18). The molecule has 0 fully saturated rings. The summed E-state index contributed by atoms with van der Waals surface area (Å²) in [7, 11) is 0. The van der Waals surface area contributed by atoms with Gasteiger partial charge in [-0.2, -0.15) is 10.5 Å². The van der Waals surface area contributed by atoms with E-state index in [1.165, 1.54) is 6.08 Å². The van der Waals surface area contributed by atoms with Crippen LogP contribution in [0.3, 0.4) is 0 Å². The smallest absolute Gasteiger partial charge is 0.251 e. The summed E-state index contributed by atoms with van der Waals surface area (Å²) >= 11 is 0. The lowest BCUT2D eigenvalue weighted by Crippen LogP contribution is -2.36. The predicted molar refractivity (Wildman–Crippen MR) is 63.9 cm³/mol. The van der Waals surface area contributed by atoms with Crippen LogP contribution in [-0.4, -0.2) is 5.91 Å².